The van der Waals surface area contributed by atoms with Crippen LogP contribution in [0.5, 0.6) is 0 Å². The van der Waals surface area contributed by atoms with Crippen LogP contribution in [-0.2, 0) is 9.53 Å². The summed E-state index contributed by atoms with van der Waals surface area (Å²) < 4.78 is 4.51. The Labute approximate surface area is 67.6 Å². The highest BCUT2D eigenvalue weighted by atomic mass is 16.5. The van der Waals surface area contributed by atoms with E-state index in [1.54, 1.807) is 0 Å². The molecule has 0 rings (SSSR count). The van der Waals surface area contributed by atoms with Gasteiger partial charge in [0, 0.05) is 13.7 Å². The maximum absolute atomic E-state index is 10.5. The largest absolute Gasteiger partial charge is 0.395 e. The smallest absolute Gasteiger partial charge is 0.246 e. The summed E-state index contributed by atoms with van der Waals surface area (Å²) in [6, 6.07) is 0. The monoisotopic (exact) mass is 163 g/mol. The number of hydrogen-bond acceptors (Lipinski definition) is 3. The highest BCUT2D eigenvalue weighted by Gasteiger charge is 1.95. The van der Waals surface area contributed by atoms with Crippen molar-refractivity contribution in [1.29, 1.82) is 0 Å². The Morgan fingerprint density at radius 1 is 1.55 bits per heavy atom. The zero-order valence-corrected chi connectivity index (χ0v) is 7.39. The Hall–Kier alpha value is -0.610. The first-order valence-corrected chi connectivity index (χ1v) is 3.67. The van der Waals surface area contributed by atoms with Crippen LogP contribution in [0, 0.1) is 0 Å². The minimum atomic E-state index is -0.202. The van der Waals surface area contributed by atoms with E-state index in [1.807, 2.05) is 13.8 Å². The van der Waals surface area contributed by atoms with Gasteiger partial charge in [-0.25, -0.2) is 0 Å². The number of methoxy groups -OCH3 is 1. The maximum atomic E-state index is 10.5. The van der Waals surface area contributed by atoms with Gasteiger partial charge < -0.3 is 15.2 Å². The molecule has 11 heavy (non-hydrogen) atoms. The molecule has 0 radical (unpaired) electrons. The van der Waals surface area contributed by atoms with Gasteiger partial charge in [-0.1, -0.05) is 13.8 Å². The predicted molar refractivity (Wildman–Crippen MR) is 43.3 cm³/mol. The van der Waals surface area contributed by atoms with Crippen molar-refractivity contribution < 1.29 is 14.6 Å². The number of nitrogens with one attached hydrogen (secondary N) is 1. The number of ether oxygens (including phenoxy) is 1. The van der Waals surface area contributed by atoms with E-state index in [0.29, 0.717) is 6.54 Å². The molecule has 0 atom stereocenters. The average molecular weight is 163 g/mol. The lowest BCUT2D eigenvalue weighted by atomic mass is 10.6. The molecule has 0 spiro atoms. The third-order valence-electron chi connectivity index (χ3n) is 0.709. The molecule has 0 aromatic carbocycles. The van der Waals surface area contributed by atoms with E-state index in [4.69, 9.17) is 5.11 Å². The molecule has 0 aliphatic carbocycles. The fourth-order valence-corrected chi connectivity index (χ4v) is 0.377. The van der Waals surface area contributed by atoms with Crippen molar-refractivity contribution in [2.24, 2.45) is 0 Å². The zero-order valence-electron chi connectivity index (χ0n) is 7.39. The van der Waals surface area contributed by atoms with Crippen molar-refractivity contribution in [3.63, 3.8) is 0 Å². The number of carbonyl (C=O) groups excluding carboxylic acids is 1. The van der Waals surface area contributed by atoms with Gasteiger partial charge in [0.1, 0.15) is 6.61 Å². The number of hydrogen-bond donors (Lipinski definition) is 2. The van der Waals surface area contributed by atoms with E-state index in [2.05, 4.69) is 10.1 Å². The first kappa shape index (κ1) is 13.0. The third-order valence-corrected chi connectivity index (χ3v) is 0.709. The number of carbonyl (C=O) groups is 1. The molecular weight excluding hydrogens is 146 g/mol. The van der Waals surface area contributed by atoms with E-state index in [-0.39, 0.29) is 19.1 Å². The highest BCUT2D eigenvalue weighted by molar-refractivity contribution is 5.77. The van der Waals surface area contributed by atoms with Crippen molar-refractivity contribution >= 4 is 5.91 Å². The second-order valence-electron chi connectivity index (χ2n) is 1.51. The van der Waals surface area contributed by atoms with E-state index >= 15 is 0 Å². The van der Waals surface area contributed by atoms with Gasteiger partial charge in [0.25, 0.3) is 0 Å². The zero-order chi connectivity index (χ0) is 9.11. The Morgan fingerprint density at radius 2 is 2.09 bits per heavy atom. The van der Waals surface area contributed by atoms with Crippen LogP contribution in [0.2, 0.25) is 0 Å². The molecule has 0 saturated heterocycles. The summed E-state index contributed by atoms with van der Waals surface area (Å²) in [6.45, 7) is 4.32. The van der Waals surface area contributed by atoms with E-state index in [1.165, 1.54) is 7.11 Å². The van der Waals surface area contributed by atoms with Crippen molar-refractivity contribution in [3.8, 4) is 0 Å². The van der Waals surface area contributed by atoms with Crippen LogP contribution in [0.4, 0.5) is 0 Å². The topological polar surface area (TPSA) is 58.6 Å². The van der Waals surface area contributed by atoms with E-state index < -0.39 is 0 Å². The summed E-state index contributed by atoms with van der Waals surface area (Å²) in [6.07, 6.45) is 0. The molecule has 0 unspecified atom stereocenters. The summed E-state index contributed by atoms with van der Waals surface area (Å²) in [5, 5.41) is 10.6. The predicted octanol–water partition coefficient (Wildman–Crippen LogP) is -0.233. The minimum absolute atomic E-state index is 0.0323. The van der Waals surface area contributed by atoms with Crippen LogP contribution < -0.4 is 5.32 Å². The third kappa shape index (κ3) is 12.6. The molecule has 0 fully saturated rings. The van der Waals surface area contributed by atoms with Crippen LogP contribution in [0.15, 0.2) is 0 Å². The number of amides is 1. The number of aliphatic hydroxyl groups excluding tert-OH is 1. The molecule has 2 N–H and O–H groups in total. The van der Waals surface area contributed by atoms with Crippen LogP contribution in [-0.4, -0.2) is 37.9 Å². The average Bonchev–Trinajstić information content (AvgIpc) is 2.05. The van der Waals surface area contributed by atoms with Gasteiger partial charge in [-0.05, 0) is 0 Å². The summed E-state index contributed by atoms with van der Waals surface area (Å²) in [7, 11) is 1.44. The minimum Gasteiger partial charge on any atom is -0.395 e. The molecular formula is C7H17NO3. The van der Waals surface area contributed by atoms with Gasteiger partial charge in [-0.3, -0.25) is 4.79 Å². The molecule has 4 nitrogen and oxygen atoms in total. The quantitative estimate of drug-likeness (QED) is 0.601. The van der Waals surface area contributed by atoms with Crippen molar-refractivity contribution in [2.45, 2.75) is 13.8 Å². The summed E-state index contributed by atoms with van der Waals surface area (Å²) in [4.78, 5) is 10.5. The molecule has 0 aliphatic rings. The van der Waals surface area contributed by atoms with Gasteiger partial charge in [-0.2, -0.15) is 0 Å². The normalized spacial score (nSPS) is 8.00. The summed E-state index contributed by atoms with van der Waals surface area (Å²) in [5.74, 6) is -0.202. The Bertz CT molecular complexity index is 85.8. The molecule has 0 heterocycles. The second-order valence-corrected chi connectivity index (χ2v) is 1.51. The molecule has 0 aromatic heterocycles. The number of aliphatic hydroxyl groups is 1. The highest BCUT2D eigenvalue weighted by Crippen LogP contribution is 1.66. The van der Waals surface area contributed by atoms with Gasteiger partial charge in [0.15, 0.2) is 0 Å². The van der Waals surface area contributed by atoms with E-state index in [0.717, 1.165) is 0 Å². The Kier molecular flexibility index (Phi) is 14.3. The van der Waals surface area contributed by atoms with Crippen molar-refractivity contribution in [2.75, 3.05) is 26.9 Å². The van der Waals surface area contributed by atoms with Crippen LogP contribution >= 0.6 is 0 Å². The Balaban J connectivity index is 0. The van der Waals surface area contributed by atoms with Crippen LogP contribution in [0.1, 0.15) is 13.8 Å². The van der Waals surface area contributed by atoms with Gasteiger partial charge in [0.2, 0.25) is 5.91 Å². The Morgan fingerprint density at radius 3 is 2.45 bits per heavy atom. The lowest BCUT2D eigenvalue weighted by Gasteiger charge is -1.99. The number of rotatable bonds is 4. The SMILES string of the molecule is CC.COCC(=O)NCCO. The van der Waals surface area contributed by atoms with Crippen molar-refractivity contribution in [3.05, 3.63) is 0 Å². The first-order valence-electron chi connectivity index (χ1n) is 3.67. The lowest BCUT2D eigenvalue weighted by molar-refractivity contribution is -0.124. The fraction of sp³-hybridized carbons (Fsp3) is 0.857. The molecule has 1 amide bonds. The summed E-state index contributed by atoms with van der Waals surface area (Å²) >= 11 is 0. The van der Waals surface area contributed by atoms with Gasteiger partial charge in [-0.15, -0.1) is 0 Å². The molecule has 68 valence electrons. The van der Waals surface area contributed by atoms with Crippen LogP contribution in [0.25, 0.3) is 0 Å². The lowest BCUT2D eigenvalue weighted by Crippen LogP contribution is -2.29. The molecule has 4 heteroatoms. The first-order chi connectivity index (χ1) is 5.31. The van der Waals surface area contributed by atoms with Gasteiger partial charge in [0.05, 0.1) is 6.61 Å². The standard InChI is InChI=1S/C5H11NO3.C2H6/c1-9-4-5(8)6-2-3-7;1-2/h7H,2-4H2,1H3,(H,6,8);1-2H3. The van der Waals surface area contributed by atoms with E-state index in [9.17, 15) is 4.79 Å². The summed E-state index contributed by atoms with van der Waals surface area (Å²) in [5.41, 5.74) is 0. The van der Waals surface area contributed by atoms with Crippen LogP contribution in [0.3, 0.4) is 0 Å². The molecule has 0 saturated carbocycles. The fourth-order valence-electron chi connectivity index (χ4n) is 0.377. The molecule has 0 aromatic rings. The van der Waals surface area contributed by atoms with Gasteiger partial charge >= 0.3 is 0 Å². The maximum Gasteiger partial charge on any atom is 0.246 e. The molecule has 0 aliphatic heterocycles. The second kappa shape index (κ2) is 12.1. The molecule has 0 bridgehead atoms. The van der Waals surface area contributed by atoms with Crippen molar-refractivity contribution in [1.82, 2.24) is 5.32 Å².